The molecule has 0 spiro atoms. The molecule has 0 radical (unpaired) electrons. The lowest BCUT2D eigenvalue weighted by Crippen LogP contribution is -2.37. The van der Waals surface area contributed by atoms with E-state index in [1.165, 1.54) is 6.20 Å². The Kier molecular flexibility index (Phi) is 6.30. The molecule has 0 aliphatic carbocycles. The maximum absolute atomic E-state index is 12.8. The third-order valence-electron chi connectivity index (χ3n) is 5.72. The second kappa shape index (κ2) is 9.09. The number of nitrogens with zero attached hydrogens (tertiary/aromatic N) is 4. The SMILES string of the molecule is O=S(=O)(c1ccc(N2CCC(COc3ccccn3)CC2)nc1)N1CCCCC1. The van der Waals surface area contributed by atoms with Crippen LogP contribution in [0.5, 0.6) is 5.88 Å². The van der Waals surface area contributed by atoms with Crippen molar-refractivity contribution < 1.29 is 13.2 Å². The normalized spacial score (nSPS) is 19.2. The molecule has 2 fully saturated rings. The molecule has 2 aromatic heterocycles. The fourth-order valence-corrected chi connectivity index (χ4v) is 5.39. The first-order valence-electron chi connectivity index (χ1n) is 10.4. The summed E-state index contributed by atoms with van der Waals surface area (Å²) in [7, 11) is -3.42. The van der Waals surface area contributed by atoms with E-state index in [0.29, 0.717) is 36.4 Å². The van der Waals surface area contributed by atoms with Crippen molar-refractivity contribution in [3.8, 4) is 5.88 Å². The fraction of sp³-hybridized carbons (Fsp3) is 0.524. The molecule has 2 aliphatic rings. The third kappa shape index (κ3) is 4.87. The number of sulfonamides is 1. The van der Waals surface area contributed by atoms with Gasteiger partial charge in [-0.25, -0.2) is 18.4 Å². The zero-order valence-corrected chi connectivity index (χ0v) is 17.4. The number of anilines is 1. The molecule has 2 saturated heterocycles. The Hall–Kier alpha value is -2.19. The van der Waals surface area contributed by atoms with Crippen LogP contribution in [-0.2, 0) is 10.0 Å². The molecule has 8 heteroatoms. The highest BCUT2D eigenvalue weighted by Crippen LogP contribution is 2.25. The minimum absolute atomic E-state index is 0.293. The van der Waals surface area contributed by atoms with Crippen LogP contribution in [0.15, 0.2) is 47.6 Å². The number of pyridine rings is 2. The summed E-state index contributed by atoms with van der Waals surface area (Å²) in [6, 6.07) is 9.20. The van der Waals surface area contributed by atoms with Crippen molar-refractivity contribution in [2.24, 2.45) is 5.92 Å². The average Bonchev–Trinajstić information content (AvgIpc) is 2.79. The maximum atomic E-state index is 12.8. The van der Waals surface area contributed by atoms with E-state index in [-0.39, 0.29) is 0 Å². The number of hydrogen-bond acceptors (Lipinski definition) is 6. The highest BCUT2D eigenvalue weighted by Gasteiger charge is 2.27. The zero-order chi connectivity index (χ0) is 20.1. The molecule has 0 saturated carbocycles. The van der Waals surface area contributed by atoms with E-state index in [4.69, 9.17) is 4.74 Å². The van der Waals surface area contributed by atoms with Gasteiger partial charge in [0.15, 0.2) is 0 Å². The Balaban J connectivity index is 1.31. The predicted octanol–water partition coefficient (Wildman–Crippen LogP) is 2.95. The summed E-state index contributed by atoms with van der Waals surface area (Å²) in [4.78, 5) is 11.2. The van der Waals surface area contributed by atoms with Gasteiger partial charge in [0.2, 0.25) is 15.9 Å². The van der Waals surface area contributed by atoms with Gasteiger partial charge >= 0.3 is 0 Å². The lowest BCUT2D eigenvalue weighted by molar-refractivity contribution is 0.216. The van der Waals surface area contributed by atoms with Gasteiger partial charge in [0.25, 0.3) is 0 Å². The smallest absolute Gasteiger partial charge is 0.244 e. The van der Waals surface area contributed by atoms with E-state index in [2.05, 4.69) is 14.9 Å². The van der Waals surface area contributed by atoms with E-state index in [0.717, 1.165) is 51.0 Å². The summed E-state index contributed by atoms with van der Waals surface area (Å²) in [6.45, 7) is 3.67. The van der Waals surface area contributed by atoms with E-state index in [1.54, 1.807) is 16.6 Å². The van der Waals surface area contributed by atoms with Gasteiger partial charge in [0.1, 0.15) is 10.7 Å². The summed E-state index contributed by atoms with van der Waals surface area (Å²) >= 11 is 0. The van der Waals surface area contributed by atoms with Gasteiger partial charge < -0.3 is 9.64 Å². The first kappa shape index (κ1) is 20.1. The molecule has 0 unspecified atom stereocenters. The molecule has 7 nitrogen and oxygen atoms in total. The molecular weight excluding hydrogens is 388 g/mol. The summed E-state index contributed by atoms with van der Waals surface area (Å²) in [5.41, 5.74) is 0. The number of aromatic nitrogens is 2. The van der Waals surface area contributed by atoms with Gasteiger partial charge in [-0.1, -0.05) is 12.5 Å². The van der Waals surface area contributed by atoms with Crippen molar-refractivity contribution in [1.82, 2.24) is 14.3 Å². The number of ether oxygens (including phenoxy) is 1. The first-order valence-corrected chi connectivity index (χ1v) is 11.8. The molecule has 0 atom stereocenters. The van der Waals surface area contributed by atoms with Crippen LogP contribution in [0, 0.1) is 5.92 Å². The van der Waals surface area contributed by atoms with Crippen LogP contribution in [0.1, 0.15) is 32.1 Å². The van der Waals surface area contributed by atoms with Crippen molar-refractivity contribution in [1.29, 1.82) is 0 Å². The molecule has 29 heavy (non-hydrogen) atoms. The van der Waals surface area contributed by atoms with Gasteiger partial charge in [-0.2, -0.15) is 4.31 Å². The van der Waals surface area contributed by atoms with E-state index in [1.807, 2.05) is 24.3 Å². The van der Waals surface area contributed by atoms with Crippen LogP contribution in [-0.4, -0.2) is 55.5 Å². The predicted molar refractivity (Wildman–Crippen MR) is 112 cm³/mol. The Labute approximate surface area is 172 Å². The molecule has 0 aromatic carbocycles. The van der Waals surface area contributed by atoms with Gasteiger partial charge in [-0.3, -0.25) is 0 Å². The Morgan fingerprint density at radius 2 is 1.76 bits per heavy atom. The topological polar surface area (TPSA) is 75.6 Å². The lowest BCUT2D eigenvalue weighted by atomic mass is 9.98. The van der Waals surface area contributed by atoms with Crippen molar-refractivity contribution >= 4 is 15.8 Å². The van der Waals surface area contributed by atoms with Crippen LogP contribution in [0.3, 0.4) is 0 Å². The second-order valence-corrected chi connectivity index (χ2v) is 9.66. The van der Waals surface area contributed by atoms with Crippen LogP contribution in [0.4, 0.5) is 5.82 Å². The molecular formula is C21H28N4O3S. The van der Waals surface area contributed by atoms with Crippen LogP contribution < -0.4 is 9.64 Å². The monoisotopic (exact) mass is 416 g/mol. The Morgan fingerprint density at radius 1 is 0.966 bits per heavy atom. The van der Waals surface area contributed by atoms with Crippen molar-refractivity contribution in [3.63, 3.8) is 0 Å². The van der Waals surface area contributed by atoms with Crippen LogP contribution in [0.2, 0.25) is 0 Å². The molecule has 4 heterocycles. The average molecular weight is 417 g/mol. The Bertz CT molecular complexity index is 876. The minimum atomic E-state index is -3.42. The number of hydrogen-bond donors (Lipinski definition) is 0. The highest BCUT2D eigenvalue weighted by atomic mass is 32.2. The van der Waals surface area contributed by atoms with Crippen molar-refractivity contribution in [2.45, 2.75) is 37.0 Å². The molecule has 156 valence electrons. The molecule has 4 rings (SSSR count). The summed E-state index contributed by atoms with van der Waals surface area (Å²) in [5.74, 6) is 2.00. The lowest BCUT2D eigenvalue weighted by Gasteiger charge is -2.32. The summed E-state index contributed by atoms with van der Waals surface area (Å²) in [5, 5.41) is 0. The number of piperidine rings is 2. The van der Waals surface area contributed by atoms with E-state index in [9.17, 15) is 8.42 Å². The second-order valence-electron chi connectivity index (χ2n) is 7.73. The molecule has 2 aliphatic heterocycles. The van der Waals surface area contributed by atoms with Crippen LogP contribution in [0.25, 0.3) is 0 Å². The fourth-order valence-electron chi connectivity index (χ4n) is 3.93. The standard InChI is InChI=1S/C21H28N4O3S/c26-29(27,25-12-4-1-5-13-25)19-7-8-20(23-16-19)24-14-9-18(10-15-24)17-28-21-6-2-3-11-22-21/h2-3,6-8,11,16,18H,1,4-5,9-10,12-15,17H2. The zero-order valence-electron chi connectivity index (χ0n) is 16.6. The highest BCUT2D eigenvalue weighted by molar-refractivity contribution is 7.89. The Morgan fingerprint density at radius 3 is 2.41 bits per heavy atom. The minimum Gasteiger partial charge on any atom is -0.477 e. The first-order chi connectivity index (χ1) is 14.1. The van der Waals surface area contributed by atoms with E-state index >= 15 is 0 Å². The molecule has 0 amide bonds. The van der Waals surface area contributed by atoms with Gasteiger partial charge in [0.05, 0.1) is 6.61 Å². The van der Waals surface area contributed by atoms with Crippen molar-refractivity contribution in [3.05, 3.63) is 42.7 Å². The quantitative estimate of drug-likeness (QED) is 0.721. The van der Waals surface area contributed by atoms with Crippen LogP contribution >= 0.6 is 0 Å². The van der Waals surface area contributed by atoms with Crippen molar-refractivity contribution in [2.75, 3.05) is 37.7 Å². The maximum Gasteiger partial charge on any atom is 0.244 e. The molecule has 0 bridgehead atoms. The molecule has 0 N–H and O–H groups in total. The number of rotatable bonds is 6. The molecule has 2 aromatic rings. The summed E-state index contributed by atoms with van der Waals surface area (Å²) < 4.78 is 32.9. The summed E-state index contributed by atoms with van der Waals surface area (Å²) in [6.07, 6.45) is 8.25. The van der Waals surface area contributed by atoms with E-state index < -0.39 is 10.0 Å². The van der Waals surface area contributed by atoms with Gasteiger partial charge in [-0.15, -0.1) is 0 Å². The van der Waals surface area contributed by atoms with Gasteiger partial charge in [-0.05, 0) is 49.8 Å². The third-order valence-corrected chi connectivity index (χ3v) is 7.60. The van der Waals surface area contributed by atoms with Gasteiger partial charge in [0, 0.05) is 44.6 Å². The largest absolute Gasteiger partial charge is 0.477 e.